The van der Waals surface area contributed by atoms with E-state index in [9.17, 15) is 22.8 Å². The summed E-state index contributed by atoms with van der Waals surface area (Å²) in [5.74, 6) is -0.591. The van der Waals surface area contributed by atoms with Gasteiger partial charge in [-0.15, -0.1) is 12.4 Å². The Bertz CT molecular complexity index is 779. The largest absolute Gasteiger partial charge is 0.416 e. The maximum atomic E-state index is 12.5. The molecule has 4 N–H and O–H groups in total. The molecule has 0 aliphatic rings. The fourth-order valence-corrected chi connectivity index (χ4v) is 2.29. The Morgan fingerprint density at radius 2 is 1.57 bits per heavy atom. The van der Waals surface area contributed by atoms with E-state index in [1.165, 1.54) is 0 Å². The third-order valence-corrected chi connectivity index (χ3v) is 3.77. The number of benzene rings is 2. The maximum Gasteiger partial charge on any atom is 0.416 e. The highest BCUT2D eigenvalue weighted by Gasteiger charge is 2.30. The molecule has 0 bridgehead atoms. The number of anilines is 1. The minimum Gasteiger partial charge on any atom is -0.348 e. The van der Waals surface area contributed by atoms with E-state index >= 15 is 0 Å². The van der Waals surface area contributed by atoms with Gasteiger partial charge in [-0.25, -0.2) is 0 Å². The molecular weight excluding hydrogens is 395 g/mol. The minimum absolute atomic E-state index is 0. The lowest BCUT2D eigenvalue weighted by Crippen LogP contribution is -2.23. The average Bonchev–Trinajstić information content (AvgIpc) is 2.65. The quantitative estimate of drug-likeness (QED) is 0.644. The molecule has 2 amide bonds. The molecular formula is C19H21ClF3N3O2. The standard InChI is InChI=1S/C19H20F3N3O2.ClH/c20-19(21,22)15-7-5-14(6-8-15)18(27)24-12-13-3-9-16(10-4-13)25-17(26)2-1-11-23;/h3-10H,1-2,11-12,23H2,(H,24,27)(H,25,26);1H. The van der Waals surface area contributed by atoms with Gasteiger partial charge in [-0.05, 0) is 54.9 Å². The number of hydrogen-bond donors (Lipinski definition) is 3. The summed E-state index contributed by atoms with van der Waals surface area (Å²) in [7, 11) is 0. The van der Waals surface area contributed by atoms with Crippen LogP contribution < -0.4 is 16.4 Å². The second kappa shape index (κ2) is 10.7. The van der Waals surface area contributed by atoms with Gasteiger partial charge in [0, 0.05) is 24.2 Å². The third-order valence-electron chi connectivity index (χ3n) is 3.77. The van der Waals surface area contributed by atoms with E-state index in [0.717, 1.165) is 29.8 Å². The number of alkyl halides is 3. The van der Waals surface area contributed by atoms with E-state index < -0.39 is 17.6 Å². The molecule has 0 atom stereocenters. The van der Waals surface area contributed by atoms with Crippen molar-refractivity contribution in [1.29, 1.82) is 0 Å². The lowest BCUT2D eigenvalue weighted by Gasteiger charge is -2.09. The van der Waals surface area contributed by atoms with Gasteiger partial charge in [0.05, 0.1) is 5.56 Å². The first kappa shape index (κ1) is 23.5. The monoisotopic (exact) mass is 415 g/mol. The zero-order valence-electron chi connectivity index (χ0n) is 14.9. The normalized spacial score (nSPS) is 10.7. The van der Waals surface area contributed by atoms with Gasteiger partial charge in [-0.3, -0.25) is 9.59 Å². The predicted octanol–water partition coefficient (Wildman–Crippen LogP) is 3.73. The zero-order valence-corrected chi connectivity index (χ0v) is 15.7. The van der Waals surface area contributed by atoms with Gasteiger partial charge < -0.3 is 16.4 Å². The van der Waals surface area contributed by atoms with Gasteiger partial charge in [0.1, 0.15) is 0 Å². The number of rotatable bonds is 7. The van der Waals surface area contributed by atoms with Crippen molar-refractivity contribution in [3.05, 3.63) is 65.2 Å². The number of amides is 2. The van der Waals surface area contributed by atoms with Crippen LogP contribution in [-0.4, -0.2) is 18.4 Å². The summed E-state index contributed by atoms with van der Waals surface area (Å²) in [6.45, 7) is 0.659. The Kier molecular flexibility index (Phi) is 8.94. The molecule has 0 radical (unpaired) electrons. The van der Waals surface area contributed by atoms with E-state index in [-0.39, 0.29) is 30.4 Å². The second-order valence-corrected chi connectivity index (χ2v) is 5.90. The van der Waals surface area contributed by atoms with Crippen LogP contribution >= 0.6 is 12.4 Å². The molecule has 2 rings (SSSR count). The Labute approximate surface area is 166 Å². The molecule has 28 heavy (non-hydrogen) atoms. The van der Waals surface area contributed by atoms with Crippen LogP contribution in [0.1, 0.15) is 34.3 Å². The lowest BCUT2D eigenvalue weighted by molar-refractivity contribution is -0.137. The van der Waals surface area contributed by atoms with Gasteiger partial charge in [0.15, 0.2) is 0 Å². The van der Waals surface area contributed by atoms with Crippen LogP contribution in [0, 0.1) is 0 Å². The number of hydrogen-bond acceptors (Lipinski definition) is 3. The van der Waals surface area contributed by atoms with E-state index in [0.29, 0.717) is 25.1 Å². The van der Waals surface area contributed by atoms with Gasteiger partial charge >= 0.3 is 6.18 Å². The van der Waals surface area contributed by atoms with Crippen LogP contribution in [0.15, 0.2) is 48.5 Å². The van der Waals surface area contributed by atoms with E-state index in [2.05, 4.69) is 10.6 Å². The van der Waals surface area contributed by atoms with Crippen molar-refractivity contribution < 1.29 is 22.8 Å². The smallest absolute Gasteiger partial charge is 0.348 e. The molecule has 0 unspecified atom stereocenters. The first-order valence-electron chi connectivity index (χ1n) is 8.34. The van der Waals surface area contributed by atoms with Gasteiger partial charge in [0.25, 0.3) is 5.91 Å². The molecule has 2 aromatic rings. The van der Waals surface area contributed by atoms with Crippen LogP contribution in [0.2, 0.25) is 0 Å². The summed E-state index contributed by atoms with van der Waals surface area (Å²) in [6.07, 6.45) is -3.47. The van der Waals surface area contributed by atoms with Crippen molar-refractivity contribution in [2.24, 2.45) is 5.73 Å². The van der Waals surface area contributed by atoms with Crippen molar-refractivity contribution in [3.63, 3.8) is 0 Å². The summed E-state index contributed by atoms with van der Waals surface area (Å²) in [5, 5.41) is 5.38. The molecule has 0 fully saturated rings. The zero-order chi connectivity index (χ0) is 19.9. The second-order valence-electron chi connectivity index (χ2n) is 5.90. The number of carbonyl (C=O) groups is 2. The van der Waals surface area contributed by atoms with Crippen molar-refractivity contribution in [2.75, 3.05) is 11.9 Å². The number of halogens is 4. The molecule has 0 saturated heterocycles. The van der Waals surface area contributed by atoms with Gasteiger partial charge in [-0.2, -0.15) is 13.2 Å². The van der Waals surface area contributed by atoms with Crippen molar-refractivity contribution in [1.82, 2.24) is 5.32 Å². The summed E-state index contributed by atoms with van der Waals surface area (Å²) < 4.78 is 37.6. The molecule has 0 saturated carbocycles. The molecule has 0 heterocycles. The highest BCUT2D eigenvalue weighted by molar-refractivity contribution is 5.94. The molecule has 9 heteroatoms. The topological polar surface area (TPSA) is 84.2 Å². The molecule has 0 aliphatic heterocycles. The van der Waals surface area contributed by atoms with Crippen LogP contribution in [-0.2, 0) is 17.5 Å². The van der Waals surface area contributed by atoms with Gasteiger partial charge in [0.2, 0.25) is 5.91 Å². The summed E-state index contributed by atoms with van der Waals surface area (Å²) >= 11 is 0. The summed E-state index contributed by atoms with van der Waals surface area (Å²) in [4.78, 5) is 23.7. The molecule has 0 aliphatic carbocycles. The number of carbonyl (C=O) groups excluding carboxylic acids is 2. The van der Waals surface area contributed by atoms with Gasteiger partial charge in [-0.1, -0.05) is 12.1 Å². The highest BCUT2D eigenvalue weighted by Crippen LogP contribution is 2.29. The Morgan fingerprint density at radius 3 is 2.11 bits per heavy atom. The van der Waals surface area contributed by atoms with Crippen LogP contribution in [0.25, 0.3) is 0 Å². The average molecular weight is 416 g/mol. The lowest BCUT2D eigenvalue weighted by atomic mass is 10.1. The van der Waals surface area contributed by atoms with Crippen LogP contribution in [0.5, 0.6) is 0 Å². The summed E-state index contributed by atoms with van der Waals surface area (Å²) in [6, 6.07) is 10.9. The number of nitrogens with two attached hydrogens (primary N) is 1. The van der Waals surface area contributed by atoms with E-state index in [1.807, 2.05) is 0 Å². The maximum absolute atomic E-state index is 12.5. The van der Waals surface area contributed by atoms with Crippen molar-refractivity contribution >= 4 is 29.9 Å². The number of nitrogens with one attached hydrogen (secondary N) is 2. The fourth-order valence-electron chi connectivity index (χ4n) is 2.29. The first-order chi connectivity index (χ1) is 12.8. The Morgan fingerprint density at radius 1 is 0.964 bits per heavy atom. The summed E-state index contributed by atoms with van der Waals surface area (Å²) in [5.41, 5.74) is 6.12. The SMILES string of the molecule is Cl.NCCCC(=O)Nc1ccc(CNC(=O)c2ccc(C(F)(F)F)cc2)cc1. The fraction of sp³-hybridized carbons (Fsp3) is 0.263. The Balaban J connectivity index is 0.00000392. The van der Waals surface area contributed by atoms with E-state index in [4.69, 9.17) is 5.73 Å². The Hall–Kier alpha value is -2.58. The molecule has 152 valence electrons. The molecule has 0 spiro atoms. The minimum atomic E-state index is -4.43. The predicted molar refractivity (Wildman–Crippen MR) is 103 cm³/mol. The van der Waals surface area contributed by atoms with E-state index in [1.54, 1.807) is 24.3 Å². The van der Waals surface area contributed by atoms with Crippen LogP contribution in [0.4, 0.5) is 18.9 Å². The molecule has 5 nitrogen and oxygen atoms in total. The highest BCUT2D eigenvalue weighted by atomic mass is 35.5. The first-order valence-corrected chi connectivity index (χ1v) is 8.34. The third kappa shape index (κ3) is 7.21. The van der Waals surface area contributed by atoms with Crippen molar-refractivity contribution in [2.45, 2.75) is 25.6 Å². The van der Waals surface area contributed by atoms with Crippen LogP contribution in [0.3, 0.4) is 0 Å². The molecule has 2 aromatic carbocycles. The molecule has 0 aromatic heterocycles. The van der Waals surface area contributed by atoms with Crippen molar-refractivity contribution in [3.8, 4) is 0 Å².